The fourth-order valence-electron chi connectivity index (χ4n) is 1.63. The van der Waals surface area contributed by atoms with Gasteiger partial charge in [-0.3, -0.25) is 4.79 Å². The van der Waals surface area contributed by atoms with Gasteiger partial charge in [0.05, 0.1) is 10.6 Å². The second kappa shape index (κ2) is 6.11. The Morgan fingerprint density at radius 2 is 1.81 bits per heavy atom. The van der Waals surface area contributed by atoms with Crippen molar-refractivity contribution < 1.29 is 9.59 Å². The van der Waals surface area contributed by atoms with Gasteiger partial charge in [-0.2, -0.15) is 0 Å². The molecule has 0 aliphatic carbocycles. The summed E-state index contributed by atoms with van der Waals surface area (Å²) in [5.41, 5.74) is 12.6. The molecule has 21 heavy (non-hydrogen) atoms. The molecule has 2 rings (SSSR count). The van der Waals surface area contributed by atoms with E-state index in [-0.39, 0.29) is 10.6 Å². The number of carbonyl (C=O) groups is 2. The number of anilines is 1. The minimum atomic E-state index is -0.756. The predicted molar refractivity (Wildman–Crippen MR) is 83.2 cm³/mol. The van der Waals surface area contributed by atoms with Crippen LogP contribution in [0, 0.1) is 18.8 Å². The normalized spacial score (nSPS) is 9.57. The van der Waals surface area contributed by atoms with Crippen molar-refractivity contribution >= 4 is 29.0 Å². The van der Waals surface area contributed by atoms with Gasteiger partial charge in [-0.05, 0) is 25.1 Å². The standard InChI is InChI=1S/C15H13N3O2S/c1-9-2-4-10(5-3-9)6-7-11-8-12(18-15(17)20)13(21-11)14(16)19/h2-5,8H,1H3,(H2,16,19)(H3,17,18,20). The van der Waals surface area contributed by atoms with Gasteiger partial charge in [0, 0.05) is 5.56 Å². The van der Waals surface area contributed by atoms with E-state index >= 15 is 0 Å². The number of thiophene rings is 1. The Labute approximate surface area is 126 Å². The van der Waals surface area contributed by atoms with Gasteiger partial charge < -0.3 is 16.8 Å². The molecule has 0 spiro atoms. The number of aryl methyl sites for hydroxylation is 1. The lowest BCUT2D eigenvalue weighted by Gasteiger charge is -1.98. The number of nitrogens with two attached hydrogens (primary N) is 2. The Bertz CT molecular complexity index is 751. The average molecular weight is 299 g/mol. The Kier molecular flexibility index (Phi) is 4.26. The van der Waals surface area contributed by atoms with Gasteiger partial charge in [0.25, 0.3) is 5.91 Å². The summed E-state index contributed by atoms with van der Waals surface area (Å²) in [5.74, 6) is 5.29. The van der Waals surface area contributed by atoms with Crippen LogP contribution >= 0.6 is 11.3 Å². The van der Waals surface area contributed by atoms with E-state index in [9.17, 15) is 9.59 Å². The number of hydrogen-bond donors (Lipinski definition) is 3. The number of rotatable bonds is 2. The lowest BCUT2D eigenvalue weighted by atomic mass is 10.1. The van der Waals surface area contributed by atoms with Crippen LogP contribution < -0.4 is 16.8 Å². The van der Waals surface area contributed by atoms with Crippen molar-refractivity contribution in [2.45, 2.75) is 6.92 Å². The zero-order valence-corrected chi connectivity index (χ0v) is 12.1. The first-order chi connectivity index (χ1) is 9.95. The first kappa shape index (κ1) is 14.6. The summed E-state index contributed by atoms with van der Waals surface area (Å²) in [7, 11) is 0. The molecule has 6 heteroatoms. The molecule has 0 saturated carbocycles. The van der Waals surface area contributed by atoms with Crippen molar-refractivity contribution in [1.29, 1.82) is 0 Å². The number of amides is 3. The Morgan fingerprint density at radius 1 is 1.14 bits per heavy atom. The monoisotopic (exact) mass is 299 g/mol. The van der Waals surface area contributed by atoms with Gasteiger partial charge >= 0.3 is 6.03 Å². The number of carbonyl (C=O) groups excluding carboxylic acids is 2. The van der Waals surface area contributed by atoms with E-state index in [1.165, 1.54) is 0 Å². The first-order valence-electron chi connectivity index (χ1n) is 6.04. The van der Waals surface area contributed by atoms with Gasteiger partial charge in [-0.25, -0.2) is 4.79 Å². The molecule has 1 aromatic carbocycles. The van der Waals surface area contributed by atoms with Crippen molar-refractivity contribution in [2.24, 2.45) is 11.5 Å². The molecular formula is C15H13N3O2S. The number of primary amides is 2. The summed E-state index contributed by atoms with van der Waals surface area (Å²) >= 11 is 1.11. The zero-order valence-electron chi connectivity index (χ0n) is 11.3. The van der Waals surface area contributed by atoms with Crippen LogP contribution in [0.3, 0.4) is 0 Å². The number of urea groups is 1. The molecule has 0 fully saturated rings. The quantitative estimate of drug-likeness (QED) is 0.739. The third-order valence-electron chi connectivity index (χ3n) is 2.60. The maximum absolute atomic E-state index is 11.3. The van der Waals surface area contributed by atoms with Crippen LogP contribution in [0.4, 0.5) is 10.5 Å². The fourth-order valence-corrected chi connectivity index (χ4v) is 2.45. The van der Waals surface area contributed by atoms with Gasteiger partial charge in [-0.15, -0.1) is 11.3 Å². The topological polar surface area (TPSA) is 98.2 Å². The van der Waals surface area contributed by atoms with E-state index in [0.717, 1.165) is 22.5 Å². The van der Waals surface area contributed by atoms with Crippen molar-refractivity contribution in [1.82, 2.24) is 0 Å². The molecular weight excluding hydrogens is 286 g/mol. The minimum Gasteiger partial charge on any atom is -0.365 e. The summed E-state index contributed by atoms with van der Waals surface area (Å²) in [4.78, 5) is 23.1. The van der Waals surface area contributed by atoms with Gasteiger partial charge in [0.15, 0.2) is 0 Å². The second-order valence-electron chi connectivity index (χ2n) is 4.32. The molecule has 0 aliphatic rings. The van der Waals surface area contributed by atoms with E-state index in [0.29, 0.717) is 4.88 Å². The number of hydrogen-bond acceptors (Lipinski definition) is 3. The number of nitrogens with one attached hydrogen (secondary N) is 1. The van der Waals surface area contributed by atoms with E-state index in [1.54, 1.807) is 6.07 Å². The van der Waals surface area contributed by atoms with Crippen LogP contribution in [-0.4, -0.2) is 11.9 Å². The van der Waals surface area contributed by atoms with Crippen LogP contribution in [0.5, 0.6) is 0 Å². The van der Waals surface area contributed by atoms with Crippen molar-refractivity contribution in [3.63, 3.8) is 0 Å². The lowest BCUT2D eigenvalue weighted by Crippen LogP contribution is -2.21. The number of benzene rings is 1. The van der Waals surface area contributed by atoms with Gasteiger partial charge in [0.2, 0.25) is 0 Å². The summed E-state index contributed by atoms with van der Waals surface area (Å²) in [6.45, 7) is 2.00. The minimum absolute atomic E-state index is 0.224. The summed E-state index contributed by atoms with van der Waals surface area (Å²) < 4.78 is 0. The third kappa shape index (κ3) is 3.84. The Hall–Kier alpha value is -2.78. The smallest absolute Gasteiger partial charge is 0.316 e. The van der Waals surface area contributed by atoms with Crippen LogP contribution in [0.15, 0.2) is 30.3 Å². The summed E-state index contributed by atoms with van der Waals surface area (Å²) in [6, 6.07) is 8.58. The van der Waals surface area contributed by atoms with Crippen LogP contribution in [0.25, 0.3) is 0 Å². The highest BCUT2D eigenvalue weighted by molar-refractivity contribution is 7.15. The van der Waals surface area contributed by atoms with Gasteiger partial charge in [-0.1, -0.05) is 29.5 Å². The van der Waals surface area contributed by atoms with Crippen LogP contribution in [0.2, 0.25) is 0 Å². The largest absolute Gasteiger partial charge is 0.365 e. The van der Waals surface area contributed by atoms with E-state index in [1.807, 2.05) is 31.2 Å². The van der Waals surface area contributed by atoms with Crippen LogP contribution in [0.1, 0.15) is 25.7 Å². The molecule has 106 valence electrons. The van der Waals surface area contributed by atoms with Crippen LogP contribution in [-0.2, 0) is 0 Å². The molecule has 0 saturated heterocycles. The molecule has 1 aromatic heterocycles. The fraction of sp³-hybridized carbons (Fsp3) is 0.0667. The molecule has 0 atom stereocenters. The Balaban J connectivity index is 2.31. The highest BCUT2D eigenvalue weighted by Crippen LogP contribution is 2.26. The maximum Gasteiger partial charge on any atom is 0.316 e. The molecule has 2 aromatic rings. The highest BCUT2D eigenvalue weighted by Gasteiger charge is 2.14. The summed E-state index contributed by atoms with van der Waals surface area (Å²) in [6.07, 6.45) is 0. The molecule has 0 bridgehead atoms. The molecule has 1 heterocycles. The van der Waals surface area contributed by atoms with E-state index in [2.05, 4.69) is 17.2 Å². The van der Waals surface area contributed by atoms with E-state index < -0.39 is 11.9 Å². The molecule has 3 amide bonds. The summed E-state index contributed by atoms with van der Waals surface area (Å²) in [5, 5.41) is 2.36. The molecule has 5 nitrogen and oxygen atoms in total. The highest BCUT2D eigenvalue weighted by atomic mass is 32.1. The van der Waals surface area contributed by atoms with E-state index in [4.69, 9.17) is 11.5 Å². The zero-order chi connectivity index (χ0) is 15.4. The van der Waals surface area contributed by atoms with Crippen molar-refractivity contribution in [2.75, 3.05) is 5.32 Å². The molecule has 0 radical (unpaired) electrons. The Morgan fingerprint density at radius 3 is 2.38 bits per heavy atom. The molecule has 0 aliphatic heterocycles. The SMILES string of the molecule is Cc1ccc(C#Cc2cc(NC(N)=O)c(C(N)=O)s2)cc1. The molecule has 0 unspecified atom stereocenters. The third-order valence-corrected chi connectivity index (χ3v) is 3.66. The van der Waals surface area contributed by atoms with Gasteiger partial charge in [0.1, 0.15) is 4.88 Å². The average Bonchev–Trinajstić information content (AvgIpc) is 2.80. The first-order valence-corrected chi connectivity index (χ1v) is 6.86. The van der Waals surface area contributed by atoms with Crippen molar-refractivity contribution in [3.8, 4) is 11.8 Å². The molecule has 5 N–H and O–H groups in total. The maximum atomic E-state index is 11.3. The lowest BCUT2D eigenvalue weighted by molar-refractivity contribution is 0.100. The second-order valence-corrected chi connectivity index (χ2v) is 5.38. The predicted octanol–water partition coefficient (Wildman–Crippen LogP) is 2.05. The van der Waals surface area contributed by atoms with Crippen molar-refractivity contribution in [3.05, 3.63) is 51.2 Å².